The van der Waals surface area contributed by atoms with Crippen LogP contribution in [-0.4, -0.2) is 70.0 Å². The monoisotopic (exact) mass is 651 g/mol. The lowest BCUT2D eigenvalue weighted by Gasteiger charge is -2.30. The van der Waals surface area contributed by atoms with Crippen LogP contribution < -0.4 is 15.4 Å². The molecule has 0 radical (unpaired) electrons. The molecule has 0 saturated heterocycles. The predicted molar refractivity (Wildman–Crippen MR) is 148 cm³/mol. The molecule has 0 bridgehead atoms. The molecule has 2 aromatic rings. The molecule has 2 unspecified atom stereocenters. The van der Waals surface area contributed by atoms with E-state index < -0.39 is 71.9 Å². The number of carbonyl (C=O) groups excluding carboxylic acids is 2. The normalized spacial score (nSPS) is 17.8. The van der Waals surface area contributed by atoms with Gasteiger partial charge in [-0.1, -0.05) is 6.92 Å². The summed E-state index contributed by atoms with van der Waals surface area (Å²) in [5.41, 5.74) is -1.09. The minimum atomic E-state index is -5.30. The average molecular weight is 652 g/mol. The first-order valence-corrected chi connectivity index (χ1v) is 14.6. The molecule has 1 aromatic heterocycles. The number of hydrogen-bond acceptors (Lipinski definition) is 6. The van der Waals surface area contributed by atoms with E-state index in [0.29, 0.717) is 17.0 Å². The van der Waals surface area contributed by atoms with E-state index in [-0.39, 0.29) is 29.5 Å². The van der Waals surface area contributed by atoms with Crippen molar-refractivity contribution in [2.75, 3.05) is 18.9 Å². The van der Waals surface area contributed by atoms with E-state index >= 15 is 4.39 Å². The molecular formula is C29H36F7N5O4. The van der Waals surface area contributed by atoms with Gasteiger partial charge in [0.15, 0.2) is 0 Å². The molecule has 1 aromatic carbocycles. The summed E-state index contributed by atoms with van der Waals surface area (Å²) in [6, 6.07) is 1.29. The Kier molecular flexibility index (Phi) is 10.1. The van der Waals surface area contributed by atoms with Crippen LogP contribution in [0.3, 0.4) is 0 Å². The van der Waals surface area contributed by atoms with E-state index in [2.05, 4.69) is 20.5 Å². The summed E-state index contributed by atoms with van der Waals surface area (Å²) in [5.74, 6) is -5.23. The van der Waals surface area contributed by atoms with Crippen LogP contribution in [0.5, 0.6) is 5.75 Å². The van der Waals surface area contributed by atoms with Crippen LogP contribution in [0.15, 0.2) is 24.4 Å². The zero-order valence-corrected chi connectivity index (χ0v) is 25.0. The van der Waals surface area contributed by atoms with Crippen molar-refractivity contribution in [1.82, 2.24) is 20.0 Å². The van der Waals surface area contributed by atoms with Crippen molar-refractivity contribution in [1.29, 1.82) is 0 Å². The number of ether oxygens (including phenoxy) is 1. The van der Waals surface area contributed by atoms with Gasteiger partial charge in [0, 0.05) is 29.8 Å². The summed E-state index contributed by atoms with van der Waals surface area (Å²) >= 11 is 0. The first kappa shape index (κ1) is 34.5. The van der Waals surface area contributed by atoms with E-state index in [4.69, 9.17) is 0 Å². The number of alkyl halides is 6. The molecular weight excluding hydrogens is 615 g/mol. The second kappa shape index (κ2) is 13.1. The number of amides is 2. The molecule has 4 rings (SSSR count). The Morgan fingerprint density at radius 3 is 2.20 bits per heavy atom. The first-order chi connectivity index (χ1) is 20.9. The van der Waals surface area contributed by atoms with Gasteiger partial charge in [0.05, 0.1) is 12.2 Å². The number of rotatable bonds is 13. The SMILES string of the molecule is CC(c1cc(F)c(NC(=O)[C@@H](NC(=O)c2ccnn2C(C)C)C(C2CC2)C2CC2)cc1OC(F)(F)F)C(O)N(C)CC(F)(F)F. The Morgan fingerprint density at radius 1 is 1.09 bits per heavy atom. The maximum Gasteiger partial charge on any atom is 0.573 e. The molecule has 16 heteroatoms. The molecule has 0 aliphatic heterocycles. The Balaban J connectivity index is 1.64. The molecule has 3 N–H and O–H groups in total. The van der Waals surface area contributed by atoms with Crippen molar-refractivity contribution in [3.63, 3.8) is 0 Å². The molecule has 2 fully saturated rings. The lowest BCUT2D eigenvalue weighted by molar-refractivity contribution is -0.275. The van der Waals surface area contributed by atoms with Crippen LogP contribution in [0.2, 0.25) is 0 Å². The molecule has 0 spiro atoms. The zero-order valence-electron chi connectivity index (χ0n) is 25.0. The molecule has 3 atom stereocenters. The van der Waals surface area contributed by atoms with Gasteiger partial charge < -0.3 is 20.5 Å². The first-order valence-electron chi connectivity index (χ1n) is 14.6. The third-order valence-corrected chi connectivity index (χ3v) is 8.08. The Bertz CT molecular complexity index is 1360. The van der Waals surface area contributed by atoms with E-state index in [1.54, 1.807) is 0 Å². The number of aliphatic hydroxyl groups is 1. The van der Waals surface area contributed by atoms with Gasteiger partial charge in [0.25, 0.3) is 5.91 Å². The van der Waals surface area contributed by atoms with Gasteiger partial charge >= 0.3 is 12.5 Å². The molecule has 2 saturated carbocycles. The van der Waals surface area contributed by atoms with E-state index in [1.165, 1.54) is 16.9 Å². The number of carbonyl (C=O) groups is 2. The summed E-state index contributed by atoms with van der Waals surface area (Å²) in [5, 5.41) is 19.6. The number of halogens is 7. The number of aliphatic hydroxyl groups excluding tert-OH is 1. The number of nitrogens with zero attached hydrogens (tertiary/aromatic N) is 3. The predicted octanol–water partition coefficient (Wildman–Crippen LogP) is 5.59. The highest BCUT2D eigenvalue weighted by Crippen LogP contribution is 2.51. The fourth-order valence-electron chi connectivity index (χ4n) is 5.71. The van der Waals surface area contributed by atoms with Gasteiger partial charge in [-0.25, -0.2) is 4.39 Å². The molecule has 2 aliphatic rings. The summed E-state index contributed by atoms with van der Waals surface area (Å²) in [7, 11) is 0.905. The Labute approximate surface area is 255 Å². The van der Waals surface area contributed by atoms with Gasteiger partial charge in [-0.3, -0.25) is 19.2 Å². The number of likely N-dealkylation sites (N-methyl/N-ethyl adjacent to an activating group) is 1. The number of nitrogens with one attached hydrogen (secondary N) is 2. The summed E-state index contributed by atoms with van der Waals surface area (Å²) in [6.45, 7) is 3.15. The lowest BCUT2D eigenvalue weighted by atomic mass is 9.88. The highest BCUT2D eigenvalue weighted by atomic mass is 19.4. The van der Waals surface area contributed by atoms with Gasteiger partial charge in [-0.15, -0.1) is 13.2 Å². The molecule has 9 nitrogen and oxygen atoms in total. The third kappa shape index (κ3) is 8.87. The minimum Gasteiger partial charge on any atom is -0.405 e. The van der Waals surface area contributed by atoms with Crippen molar-refractivity contribution in [3.05, 3.63) is 41.5 Å². The zero-order chi connectivity index (χ0) is 33.4. The average Bonchev–Trinajstić information content (AvgIpc) is 3.86. The summed E-state index contributed by atoms with van der Waals surface area (Å²) in [4.78, 5) is 27.5. The molecule has 1 heterocycles. The number of anilines is 1. The number of hydrogen-bond donors (Lipinski definition) is 3. The van der Waals surface area contributed by atoms with Crippen molar-refractivity contribution >= 4 is 17.5 Å². The van der Waals surface area contributed by atoms with Crippen molar-refractivity contribution in [2.45, 2.75) is 83.2 Å². The van der Waals surface area contributed by atoms with Crippen LogP contribution in [0.4, 0.5) is 36.4 Å². The maximum atomic E-state index is 15.4. The minimum absolute atomic E-state index is 0.121. The standard InChI is InChI=1S/C29H36F7N5O4/c1-14(2)41-21(9-10-37-41)25(42)39-24(23(16-5-6-16)17-7-8-17)26(43)38-20-12-22(45-29(34,35)36)18(11-19(20)30)15(3)27(44)40(4)13-28(31,32)33/h9-12,14-17,23-24,27,44H,5-8,13H2,1-4H3,(H,38,43)(H,39,42)/t15?,24-,27?/m0/s1. The van der Waals surface area contributed by atoms with Crippen LogP contribution in [0.1, 0.15) is 74.5 Å². The van der Waals surface area contributed by atoms with Crippen LogP contribution >= 0.6 is 0 Å². The van der Waals surface area contributed by atoms with Gasteiger partial charge in [0.2, 0.25) is 5.91 Å². The Hall–Kier alpha value is -3.40. The fraction of sp³-hybridized carbons (Fsp3) is 0.621. The van der Waals surface area contributed by atoms with Crippen molar-refractivity contribution in [3.8, 4) is 5.75 Å². The second-order valence-corrected chi connectivity index (χ2v) is 12.1. The van der Waals surface area contributed by atoms with E-state index in [0.717, 1.165) is 39.7 Å². The topological polar surface area (TPSA) is 109 Å². The quantitative estimate of drug-likeness (QED) is 0.193. The van der Waals surface area contributed by atoms with E-state index in [9.17, 15) is 41.0 Å². The maximum absolute atomic E-state index is 15.4. The molecule has 250 valence electrons. The van der Waals surface area contributed by atoms with Gasteiger partial charge in [-0.2, -0.15) is 18.3 Å². The number of benzene rings is 1. The second-order valence-electron chi connectivity index (χ2n) is 12.1. The Morgan fingerprint density at radius 2 is 1.69 bits per heavy atom. The smallest absolute Gasteiger partial charge is 0.405 e. The van der Waals surface area contributed by atoms with Gasteiger partial charge in [-0.05, 0) is 76.5 Å². The highest BCUT2D eigenvalue weighted by molar-refractivity contribution is 6.01. The number of aromatic nitrogens is 2. The van der Waals surface area contributed by atoms with Crippen molar-refractivity contribution < 1.29 is 50.2 Å². The molecule has 2 amide bonds. The third-order valence-electron chi connectivity index (χ3n) is 8.08. The molecule has 2 aliphatic carbocycles. The van der Waals surface area contributed by atoms with Crippen LogP contribution in [0.25, 0.3) is 0 Å². The fourth-order valence-corrected chi connectivity index (χ4v) is 5.71. The van der Waals surface area contributed by atoms with Crippen LogP contribution in [-0.2, 0) is 4.79 Å². The van der Waals surface area contributed by atoms with E-state index in [1.807, 2.05) is 13.8 Å². The van der Waals surface area contributed by atoms with Gasteiger partial charge in [0.1, 0.15) is 29.5 Å². The van der Waals surface area contributed by atoms with Crippen LogP contribution in [0, 0.1) is 23.6 Å². The largest absolute Gasteiger partial charge is 0.573 e. The summed E-state index contributed by atoms with van der Waals surface area (Å²) < 4.78 is 99.7. The molecule has 45 heavy (non-hydrogen) atoms. The summed E-state index contributed by atoms with van der Waals surface area (Å²) in [6.07, 6.45) is -7.28. The van der Waals surface area contributed by atoms with Crippen molar-refractivity contribution in [2.24, 2.45) is 17.8 Å². The lowest BCUT2D eigenvalue weighted by Crippen LogP contribution is -2.50. The highest BCUT2D eigenvalue weighted by Gasteiger charge is 2.48.